The third-order valence-electron chi connectivity index (χ3n) is 7.24. The predicted molar refractivity (Wildman–Crippen MR) is 164 cm³/mol. The van der Waals surface area contributed by atoms with Gasteiger partial charge in [0.05, 0.1) is 23.1 Å². The molecule has 2 heterocycles. The number of cyclic esters (lactones) is 1. The van der Waals surface area contributed by atoms with Gasteiger partial charge in [0.2, 0.25) is 11.8 Å². The minimum Gasteiger partial charge on any atom is -0.467 e. The number of benzene rings is 2. The molecule has 1 unspecified atom stereocenters. The number of hydrogen-bond acceptors (Lipinski definition) is 7. The number of ether oxygens (including phenoxy) is 2. The maximum atomic E-state index is 15.8. The summed E-state index contributed by atoms with van der Waals surface area (Å²) in [5, 5.41) is 8.13. The van der Waals surface area contributed by atoms with E-state index in [9.17, 15) is 19.2 Å². The molecule has 2 aromatic carbocycles. The third-order valence-corrected chi connectivity index (χ3v) is 7.75. The Kier molecular flexibility index (Phi) is 10.7. The second kappa shape index (κ2) is 14.1. The van der Waals surface area contributed by atoms with Crippen molar-refractivity contribution in [2.24, 2.45) is 11.8 Å². The zero-order valence-corrected chi connectivity index (χ0v) is 26.2. The zero-order chi connectivity index (χ0) is 32.2. The van der Waals surface area contributed by atoms with Gasteiger partial charge in [-0.3, -0.25) is 24.7 Å². The molecule has 4 amide bonds. The van der Waals surface area contributed by atoms with E-state index in [-0.39, 0.29) is 49.5 Å². The number of fused-ring (bicyclic) bond motifs is 1. The number of imide groups is 2. The fourth-order valence-corrected chi connectivity index (χ4v) is 5.33. The number of allylic oxidation sites excluding steroid dienone is 1. The normalized spacial score (nSPS) is 18.4. The molecule has 0 bridgehead atoms. The molecule has 0 aliphatic carbocycles. The highest BCUT2D eigenvalue weighted by Gasteiger charge is 2.46. The second-order valence-corrected chi connectivity index (χ2v) is 13.1. The van der Waals surface area contributed by atoms with Crippen molar-refractivity contribution in [3.63, 3.8) is 0 Å². The number of hydrogen-bond donors (Lipinski definition) is 1. The van der Waals surface area contributed by atoms with Gasteiger partial charge in [-0.1, -0.05) is 91.1 Å². The van der Waals surface area contributed by atoms with E-state index in [4.69, 9.17) is 49.7 Å². The van der Waals surface area contributed by atoms with E-state index in [1.807, 2.05) is 30.3 Å². The van der Waals surface area contributed by atoms with E-state index < -0.39 is 57.4 Å². The molecule has 1 saturated heterocycles. The van der Waals surface area contributed by atoms with Crippen LogP contribution >= 0.6 is 34.8 Å². The van der Waals surface area contributed by atoms with Crippen LogP contribution in [0.4, 0.5) is 9.18 Å². The van der Waals surface area contributed by atoms with Gasteiger partial charge >= 0.3 is 6.09 Å². The first-order valence-electron chi connectivity index (χ1n) is 14.0. The fraction of sp³-hybridized carbons (Fsp3) is 0.387. The van der Waals surface area contributed by atoms with E-state index in [2.05, 4.69) is 0 Å². The van der Waals surface area contributed by atoms with Crippen molar-refractivity contribution in [2.45, 2.75) is 49.0 Å². The van der Waals surface area contributed by atoms with Crippen LogP contribution in [0.2, 0.25) is 0 Å². The molecule has 2 aromatic rings. The molecule has 0 spiro atoms. The average Bonchev–Trinajstić information content (AvgIpc) is 3.45. The Morgan fingerprint density at radius 2 is 1.66 bits per heavy atom. The maximum absolute atomic E-state index is 15.8. The van der Waals surface area contributed by atoms with Crippen LogP contribution in [-0.2, 0) is 20.7 Å². The van der Waals surface area contributed by atoms with Crippen molar-refractivity contribution in [1.29, 1.82) is 5.41 Å². The minimum atomic E-state index is -2.37. The van der Waals surface area contributed by atoms with E-state index in [0.29, 0.717) is 0 Å². The van der Waals surface area contributed by atoms with Crippen LogP contribution < -0.4 is 0 Å². The van der Waals surface area contributed by atoms with Crippen molar-refractivity contribution in [3.05, 3.63) is 83.2 Å². The molecule has 0 saturated carbocycles. The summed E-state index contributed by atoms with van der Waals surface area (Å²) in [4.78, 5) is 54.9. The molecule has 1 fully saturated rings. The van der Waals surface area contributed by atoms with Gasteiger partial charge in [-0.15, -0.1) is 0 Å². The molecule has 3 atom stereocenters. The summed E-state index contributed by atoms with van der Waals surface area (Å²) in [5.74, 6) is -5.41. The lowest BCUT2D eigenvalue weighted by atomic mass is 9.91. The van der Waals surface area contributed by atoms with Gasteiger partial charge < -0.3 is 9.47 Å². The summed E-state index contributed by atoms with van der Waals surface area (Å²) in [6.07, 6.45) is -1.33. The second-order valence-electron chi connectivity index (χ2n) is 10.8. The standard InChI is InChI=1S/C31H31Cl3FN3O6/c1-18(2)15-24(35)25(44-29(36)31(32,33)34)23(13-8-14-37-26(39)21-11-6-7-12-22(21)27(37)40)28(41)38-20(17-43-30(38)42)16-19-9-4-3-5-10-19/h3-7,9-12,15,18,20,23,25,36H,8,13-14,16-17H2,1-2H3/b24-15-,36-29?/t20?,23-,25-/m1/s1. The van der Waals surface area contributed by atoms with Crippen molar-refractivity contribution in [1.82, 2.24) is 9.80 Å². The van der Waals surface area contributed by atoms with E-state index >= 15 is 4.39 Å². The van der Waals surface area contributed by atoms with E-state index in [1.54, 1.807) is 38.1 Å². The number of nitrogens with one attached hydrogen (secondary N) is 1. The third kappa shape index (κ3) is 7.60. The number of alkyl halides is 3. The number of rotatable bonds is 11. The van der Waals surface area contributed by atoms with Gasteiger partial charge in [0.15, 0.2) is 6.10 Å². The molecule has 234 valence electrons. The van der Waals surface area contributed by atoms with Crippen LogP contribution in [0, 0.1) is 17.2 Å². The maximum Gasteiger partial charge on any atom is 0.416 e. The molecule has 2 aliphatic rings. The highest BCUT2D eigenvalue weighted by Crippen LogP contribution is 2.34. The quantitative estimate of drug-likeness (QED) is 0.127. The lowest BCUT2D eigenvalue weighted by Gasteiger charge is -2.31. The Balaban J connectivity index is 1.65. The van der Waals surface area contributed by atoms with E-state index in [0.717, 1.165) is 15.4 Å². The summed E-state index contributed by atoms with van der Waals surface area (Å²) >= 11 is 17.5. The largest absolute Gasteiger partial charge is 0.467 e. The number of carbonyl (C=O) groups is 4. The van der Waals surface area contributed by atoms with Crippen LogP contribution in [0.1, 0.15) is 53.0 Å². The average molecular weight is 667 g/mol. The molecule has 2 aliphatic heterocycles. The molecule has 44 heavy (non-hydrogen) atoms. The van der Waals surface area contributed by atoms with Crippen LogP contribution in [0.25, 0.3) is 0 Å². The van der Waals surface area contributed by atoms with Gasteiger partial charge in [0, 0.05) is 6.54 Å². The van der Waals surface area contributed by atoms with Gasteiger partial charge in [0.25, 0.3) is 15.6 Å². The number of halogens is 4. The zero-order valence-electron chi connectivity index (χ0n) is 24.0. The summed E-state index contributed by atoms with van der Waals surface area (Å²) in [6, 6.07) is 14.8. The minimum absolute atomic E-state index is 0.0318. The van der Waals surface area contributed by atoms with Crippen molar-refractivity contribution >= 4 is 64.5 Å². The summed E-state index contributed by atoms with van der Waals surface area (Å²) in [6.45, 7) is 3.21. The Labute approximate surface area is 269 Å². The first-order valence-corrected chi connectivity index (χ1v) is 15.1. The number of amides is 4. The molecule has 0 aromatic heterocycles. The van der Waals surface area contributed by atoms with Crippen LogP contribution in [0.15, 0.2) is 66.5 Å². The topological polar surface area (TPSA) is 117 Å². The molecule has 4 rings (SSSR count). The van der Waals surface area contributed by atoms with Crippen molar-refractivity contribution in [3.8, 4) is 0 Å². The predicted octanol–water partition coefficient (Wildman–Crippen LogP) is 6.51. The highest BCUT2D eigenvalue weighted by atomic mass is 35.6. The SMILES string of the molecule is CC(C)/C=C(\F)[C@H](OC(=N)C(Cl)(Cl)Cl)[C@@H](CCCN1C(=O)c2ccccc2C1=O)C(=O)N1C(=O)OCC1Cc1ccccc1. The smallest absolute Gasteiger partial charge is 0.416 e. The van der Waals surface area contributed by atoms with Gasteiger partial charge in [-0.2, -0.15) is 0 Å². The Morgan fingerprint density at radius 3 is 2.23 bits per heavy atom. The van der Waals surface area contributed by atoms with Crippen molar-refractivity contribution in [2.75, 3.05) is 13.2 Å². The molecular formula is C31H31Cl3FN3O6. The molecule has 9 nitrogen and oxygen atoms in total. The molecule has 13 heteroatoms. The molecular weight excluding hydrogens is 636 g/mol. The lowest BCUT2D eigenvalue weighted by molar-refractivity contribution is -0.136. The van der Waals surface area contributed by atoms with Gasteiger partial charge in [-0.25, -0.2) is 14.1 Å². The monoisotopic (exact) mass is 665 g/mol. The molecule has 1 N–H and O–H groups in total. The van der Waals surface area contributed by atoms with Crippen LogP contribution in [0.3, 0.4) is 0 Å². The first kappa shape index (κ1) is 33.4. The highest BCUT2D eigenvalue weighted by molar-refractivity contribution is 6.76. The number of nitrogens with zero attached hydrogens (tertiary/aromatic N) is 2. The van der Waals surface area contributed by atoms with Crippen molar-refractivity contribution < 1.29 is 33.0 Å². The molecule has 0 radical (unpaired) electrons. The lowest BCUT2D eigenvalue weighted by Crippen LogP contribution is -2.48. The Hall–Kier alpha value is -3.47. The summed E-state index contributed by atoms with van der Waals surface area (Å²) in [5.41, 5.74) is 1.36. The van der Waals surface area contributed by atoms with Gasteiger partial charge in [-0.05, 0) is 49.0 Å². The van der Waals surface area contributed by atoms with E-state index in [1.165, 1.54) is 6.08 Å². The first-order chi connectivity index (χ1) is 20.8. The fourth-order valence-electron chi connectivity index (χ4n) is 5.20. The van der Waals surface area contributed by atoms with Crippen LogP contribution in [0.5, 0.6) is 0 Å². The van der Waals surface area contributed by atoms with Gasteiger partial charge in [0.1, 0.15) is 12.4 Å². The van der Waals surface area contributed by atoms with Crippen LogP contribution in [-0.4, -0.2) is 68.6 Å². The number of carbonyl (C=O) groups excluding carboxylic acids is 4. The summed E-state index contributed by atoms with van der Waals surface area (Å²) < 4.78 is 24.2. The Bertz CT molecular complexity index is 1430. The Morgan fingerprint density at radius 1 is 1.07 bits per heavy atom. The summed E-state index contributed by atoms with van der Waals surface area (Å²) in [7, 11) is 0.